The molecule has 1 aliphatic rings. The smallest absolute Gasteiger partial charge is 0.183 e. The maximum Gasteiger partial charge on any atom is 0.183 e. The fraction of sp³-hybridized carbons (Fsp3) is 0.273. The lowest BCUT2D eigenvalue weighted by Crippen LogP contribution is -2.36. The first-order valence-corrected chi connectivity index (χ1v) is 10.3. The van der Waals surface area contributed by atoms with E-state index in [-0.39, 0.29) is 0 Å². The summed E-state index contributed by atoms with van der Waals surface area (Å²) < 4.78 is 11.2. The molecule has 0 aliphatic carbocycles. The van der Waals surface area contributed by atoms with Crippen LogP contribution in [0.1, 0.15) is 0 Å². The molecule has 3 aromatic heterocycles. The third kappa shape index (κ3) is 4.41. The van der Waals surface area contributed by atoms with E-state index in [0.29, 0.717) is 30.4 Å². The summed E-state index contributed by atoms with van der Waals surface area (Å²) >= 11 is 0. The number of aromatic nitrogens is 5. The van der Waals surface area contributed by atoms with Crippen molar-refractivity contribution in [2.45, 2.75) is 0 Å². The first-order chi connectivity index (χ1) is 15.4. The summed E-state index contributed by atoms with van der Waals surface area (Å²) in [7, 11) is 0. The standard InChI is InChI=1S/C22H23N7O2/c1-2-4-17(5-3-1)31-11-8-23-21-19-22(26-15-25-19)28-20(27-21)16-6-7-18(24-14-16)29-9-12-30-13-10-29/h1-7,14-15H,8-13H2,(H2,23,25,26,27,28). The molecule has 9 heteroatoms. The molecule has 1 fully saturated rings. The first kappa shape index (κ1) is 19.3. The molecule has 0 bridgehead atoms. The van der Waals surface area contributed by atoms with Crippen molar-refractivity contribution in [3.8, 4) is 17.1 Å². The van der Waals surface area contributed by atoms with Crippen LogP contribution in [0, 0.1) is 0 Å². The number of morpholine rings is 1. The van der Waals surface area contributed by atoms with Crippen molar-refractivity contribution in [1.82, 2.24) is 24.9 Å². The van der Waals surface area contributed by atoms with Crippen LogP contribution in [0.15, 0.2) is 55.0 Å². The average molecular weight is 417 g/mol. The van der Waals surface area contributed by atoms with Gasteiger partial charge < -0.3 is 24.7 Å². The van der Waals surface area contributed by atoms with Crippen LogP contribution in [0.2, 0.25) is 0 Å². The van der Waals surface area contributed by atoms with Gasteiger partial charge in [0, 0.05) is 24.8 Å². The van der Waals surface area contributed by atoms with E-state index in [1.54, 1.807) is 12.5 Å². The van der Waals surface area contributed by atoms with E-state index in [1.807, 2.05) is 42.5 Å². The Morgan fingerprint density at radius 1 is 1.03 bits per heavy atom. The number of para-hydroxylation sites is 1. The highest BCUT2D eigenvalue weighted by Crippen LogP contribution is 2.24. The number of nitrogens with one attached hydrogen (secondary N) is 2. The number of aromatic amines is 1. The van der Waals surface area contributed by atoms with Crippen LogP contribution in [0.3, 0.4) is 0 Å². The highest BCUT2D eigenvalue weighted by atomic mass is 16.5. The van der Waals surface area contributed by atoms with E-state index in [9.17, 15) is 0 Å². The van der Waals surface area contributed by atoms with E-state index in [2.05, 4.69) is 30.2 Å². The lowest BCUT2D eigenvalue weighted by molar-refractivity contribution is 0.122. The number of hydrogen-bond acceptors (Lipinski definition) is 8. The Kier molecular flexibility index (Phi) is 5.57. The number of ether oxygens (including phenoxy) is 2. The van der Waals surface area contributed by atoms with Gasteiger partial charge in [-0.05, 0) is 24.3 Å². The van der Waals surface area contributed by atoms with E-state index >= 15 is 0 Å². The van der Waals surface area contributed by atoms with Crippen molar-refractivity contribution in [3.63, 3.8) is 0 Å². The van der Waals surface area contributed by atoms with Crippen molar-refractivity contribution in [2.75, 3.05) is 49.7 Å². The van der Waals surface area contributed by atoms with Gasteiger partial charge in [-0.3, -0.25) is 0 Å². The predicted octanol–water partition coefficient (Wildman–Crippen LogP) is 2.74. The summed E-state index contributed by atoms with van der Waals surface area (Å²) in [6.45, 7) is 4.25. The van der Waals surface area contributed by atoms with Gasteiger partial charge in [-0.15, -0.1) is 0 Å². The molecule has 5 rings (SSSR count). The molecule has 4 aromatic rings. The number of pyridine rings is 1. The van der Waals surface area contributed by atoms with Crippen LogP contribution in [0.5, 0.6) is 5.75 Å². The molecule has 4 heterocycles. The van der Waals surface area contributed by atoms with Crippen molar-refractivity contribution in [1.29, 1.82) is 0 Å². The Bertz CT molecular complexity index is 1130. The Balaban J connectivity index is 1.31. The number of nitrogens with zero attached hydrogens (tertiary/aromatic N) is 5. The minimum absolute atomic E-state index is 0.509. The zero-order valence-corrected chi connectivity index (χ0v) is 17.0. The van der Waals surface area contributed by atoms with Crippen molar-refractivity contribution >= 4 is 22.8 Å². The summed E-state index contributed by atoms with van der Waals surface area (Å²) in [6, 6.07) is 13.7. The Morgan fingerprint density at radius 3 is 2.71 bits per heavy atom. The monoisotopic (exact) mass is 417 g/mol. The lowest BCUT2D eigenvalue weighted by atomic mass is 10.2. The van der Waals surface area contributed by atoms with Crippen molar-refractivity contribution in [3.05, 3.63) is 55.0 Å². The molecule has 0 saturated carbocycles. The third-order valence-electron chi connectivity index (χ3n) is 5.03. The molecule has 0 spiro atoms. The van der Waals surface area contributed by atoms with Crippen molar-refractivity contribution < 1.29 is 9.47 Å². The number of H-pyrrole nitrogens is 1. The molecule has 9 nitrogen and oxygen atoms in total. The van der Waals surface area contributed by atoms with E-state index in [4.69, 9.17) is 14.5 Å². The number of fused-ring (bicyclic) bond motifs is 1. The van der Waals surface area contributed by atoms with Gasteiger partial charge in [0.15, 0.2) is 17.3 Å². The van der Waals surface area contributed by atoms with Crippen LogP contribution in [0.25, 0.3) is 22.6 Å². The Morgan fingerprint density at radius 2 is 1.90 bits per heavy atom. The van der Waals surface area contributed by atoms with Gasteiger partial charge >= 0.3 is 0 Å². The minimum atomic E-state index is 0.509. The molecule has 0 amide bonds. The van der Waals surface area contributed by atoms with Gasteiger partial charge in [0.05, 0.1) is 26.1 Å². The first-order valence-electron chi connectivity index (χ1n) is 10.3. The van der Waals surface area contributed by atoms with Crippen molar-refractivity contribution in [2.24, 2.45) is 0 Å². The Hall–Kier alpha value is -3.72. The zero-order valence-electron chi connectivity index (χ0n) is 17.0. The second kappa shape index (κ2) is 8.97. The van der Waals surface area contributed by atoms with Gasteiger partial charge in [-0.25, -0.2) is 19.9 Å². The molecule has 0 radical (unpaired) electrons. The van der Waals surface area contributed by atoms with Gasteiger partial charge in [0.25, 0.3) is 0 Å². The van der Waals surface area contributed by atoms with Gasteiger partial charge in [0.1, 0.15) is 23.7 Å². The number of benzene rings is 1. The summed E-state index contributed by atoms with van der Waals surface area (Å²) in [4.78, 5) is 23.5. The summed E-state index contributed by atoms with van der Waals surface area (Å²) in [6.07, 6.45) is 3.43. The van der Waals surface area contributed by atoms with Crippen LogP contribution in [-0.2, 0) is 4.74 Å². The molecule has 158 valence electrons. The van der Waals surface area contributed by atoms with E-state index < -0.39 is 0 Å². The largest absolute Gasteiger partial charge is 0.492 e. The Labute approximate surface area is 179 Å². The fourth-order valence-corrected chi connectivity index (χ4v) is 3.44. The maximum atomic E-state index is 5.75. The fourth-order valence-electron chi connectivity index (χ4n) is 3.44. The lowest BCUT2D eigenvalue weighted by Gasteiger charge is -2.27. The number of rotatable bonds is 7. The quantitative estimate of drug-likeness (QED) is 0.443. The number of anilines is 2. The maximum absolute atomic E-state index is 5.75. The molecule has 0 atom stereocenters. The molecule has 1 saturated heterocycles. The minimum Gasteiger partial charge on any atom is -0.492 e. The molecule has 2 N–H and O–H groups in total. The van der Waals surface area contributed by atoms with Crippen LogP contribution in [-0.4, -0.2) is 64.4 Å². The van der Waals surface area contributed by atoms with E-state index in [1.165, 1.54) is 0 Å². The summed E-state index contributed by atoms with van der Waals surface area (Å²) in [5, 5.41) is 3.33. The van der Waals surface area contributed by atoms with Crippen LogP contribution < -0.4 is 15.0 Å². The SMILES string of the molecule is c1ccc(OCCNc2nc(-c3ccc(N4CCOCC4)nc3)nc3nc[nH]c23)cc1. The topological polar surface area (TPSA) is 101 Å². The second-order valence-electron chi connectivity index (χ2n) is 7.09. The molecule has 1 aliphatic heterocycles. The number of hydrogen-bond donors (Lipinski definition) is 2. The molecular weight excluding hydrogens is 394 g/mol. The summed E-state index contributed by atoms with van der Waals surface area (Å²) in [5.74, 6) is 3.04. The number of imidazole rings is 1. The van der Waals surface area contributed by atoms with Crippen LogP contribution >= 0.6 is 0 Å². The molecule has 31 heavy (non-hydrogen) atoms. The highest BCUT2D eigenvalue weighted by Gasteiger charge is 2.14. The average Bonchev–Trinajstić information content (AvgIpc) is 3.32. The van der Waals surface area contributed by atoms with Gasteiger partial charge in [-0.2, -0.15) is 0 Å². The second-order valence-corrected chi connectivity index (χ2v) is 7.09. The molecular formula is C22H23N7O2. The normalized spacial score (nSPS) is 14.0. The molecule has 1 aromatic carbocycles. The highest BCUT2D eigenvalue weighted by molar-refractivity contribution is 5.84. The predicted molar refractivity (Wildman–Crippen MR) is 118 cm³/mol. The summed E-state index contributed by atoms with van der Waals surface area (Å²) in [5.41, 5.74) is 2.21. The van der Waals surface area contributed by atoms with Crippen LogP contribution in [0.4, 0.5) is 11.6 Å². The third-order valence-corrected chi connectivity index (χ3v) is 5.03. The molecule has 0 unspecified atom stereocenters. The zero-order chi connectivity index (χ0) is 20.9. The van der Waals surface area contributed by atoms with E-state index in [0.717, 1.165) is 49.0 Å². The van der Waals surface area contributed by atoms with Gasteiger partial charge in [0.2, 0.25) is 0 Å². The van der Waals surface area contributed by atoms with Gasteiger partial charge in [-0.1, -0.05) is 18.2 Å².